The van der Waals surface area contributed by atoms with E-state index >= 15 is 0 Å². The Labute approximate surface area is 100 Å². The summed E-state index contributed by atoms with van der Waals surface area (Å²) in [7, 11) is 1.65. The number of hydrogen-bond donors (Lipinski definition) is 0. The molecule has 1 aliphatic heterocycles. The Hall–Kier alpha value is -0.480. The van der Waals surface area contributed by atoms with Crippen molar-refractivity contribution in [2.24, 2.45) is 17.8 Å². The Kier molecular flexibility index (Phi) is 2.83. The zero-order chi connectivity index (χ0) is 12.2. The van der Waals surface area contributed by atoms with Gasteiger partial charge in [0.1, 0.15) is 0 Å². The van der Waals surface area contributed by atoms with Crippen LogP contribution in [0.3, 0.4) is 0 Å². The van der Waals surface area contributed by atoms with Crippen LogP contribution in [0.15, 0.2) is 11.1 Å². The van der Waals surface area contributed by atoms with Crippen LogP contribution in [-0.4, -0.2) is 27.1 Å². The summed E-state index contributed by atoms with van der Waals surface area (Å²) < 4.78 is 13.6. The zero-order valence-electron chi connectivity index (χ0n) is 10.5. The molecule has 0 spiro atoms. The van der Waals surface area contributed by atoms with Crippen molar-refractivity contribution < 1.29 is 9.35 Å². The molecule has 1 amide bonds. The van der Waals surface area contributed by atoms with E-state index in [4.69, 9.17) is 0 Å². The van der Waals surface area contributed by atoms with Gasteiger partial charge in [-0.1, -0.05) is 25.0 Å². The lowest BCUT2D eigenvalue weighted by Crippen LogP contribution is -2.40. The maximum Gasteiger partial charge on any atom is 0.272 e. The molecule has 1 heterocycles. The molecule has 0 aromatic rings. The second-order valence-corrected chi connectivity index (χ2v) is 6.69. The molecule has 90 valence electrons. The number of nitrogens with zero attached hydrogens (tertiary/aromatic N) is 1. The molecular weight excluding hydrogens is 222 g/mol. The Balaban J connectivity index is 2.47. The molecule has 1 aliphatic carbocycles. The second kappa shape index (κ2) is 3.77. The van der Waals surface area contributed by atoms with E-state index in [-0.39, 0.29) is 28.9 Å². The summed E-state index contributed by atoms with van der Waals surface area (Å²) >= 11 is -1.15. The quantitative estimate of drug-likeness (QED) is 0.479. The van der Waals surface area contributed by atoms with Gasteiger partial charge in [0.25, 0.3) is 5.91 Å². The van der Waals surface area contributed by atoms with E-state index in [0.29, 0.717) is 0 Å². The van der Waals surface area contributed by atoms with E-state index in [1.165, 1.54) is 15.5 Å². The number of allylic oxidation sites excluding steroid dienone is 2. The van der Waals surface area contributed by atoms with E-state index in [9.17, 15) is 9.35 Å². The van der Waals surface area contributed by atoms with E-state index in [1.807, 2.05) is 0 Å². The summed E-state index contributed by atoms with van der Waals surface area (Å²) in [5.41, 5.74) is 2.61. The lowest BCUT2D eigenvalue weighted by atomic mass is 9.71. The lowest BCUT2D eigenvalue weighted by Gasteiger charge is -2.34. The fourth-order valence-electron chi connectivity index (χ4n) is 2.97. The first-order valence-electron chi connectivity index (χ1n) is 5.73. The molecule has 3 nitrogen and oxygen atoms in total. The molecule has 2 rings (SSSR count). The molecule has 0 radical (unpaired) electrons. The molecule has 5 atom stereocenters. The molecule has 1 fully saturated rings. The highest BCUT2D eigenvalue weighted by Crippen LogP contribution is 2.46. The summed E-state index contributed by atoms with van der Waals surface area (Å²) in [6.07, 6.45) is 0. The first-order chi connectivity index (χ1) is 7.37. The van der Waals surface area contributed by atoms with E-state index in [1.54, 1.807) is 7.05 Å². The Morgan fingerprint density at radius 3 is 2.25 bits per heavy atom. The van der Waals surface area contributed by atoms with Gasteiger partial charge in [-0.2, -0.15) is 4.31 Å². The van der Waals surface area contributed by atoms with Gasteiger partial charge in [-0.25, -0.2) is 0 Å². The average Bonchev–Trinajstić information content (AvgIpc) is 2.48. The highest BCUT2D eigenvalue weighted by atomic mass is 32.2. The third-order valence-electron chi connectivity index (χ3n) is 4.47. The van der Waals surface area contributed by atoms with Crippen LogP contribution >= 0.6 is 0 Å². The van der Waals surface area contributed by atoms with Crippen LogP contribution < -0.4 is 0 Å². The van der Waals surface area contributed by atoms with Crippen LogP contribution in [0.2, 0.25) is 0 Å². The smallest absolute Gasteiger partial charge is 0.272 e. The predicted octanol–water partition coefficient (Wildman–Crippen LogP) is 1.73. The molecule has 0 saturated carbocycles. The van der Waals surface area contributed by atoms with Gasteiger partial charge in [-0.15, -0.1) is 0 Å². The van der Waals surface area contributed by atoms with Crippen molar-refractivity contribution in [1.29, 1.82) is 0 Å². The minimum atomic E-state index is -1.15. The molecular formula is C12H19NO2S. The van der Waals surface area contributed by atoms with Crippen LogP contribution in [-0.2, 0) is 16.2 Å². The van der Waals surface area contributed by atoms with Crippen molar-refractivity contribution in [2.45, 2.75) is 32.9 Å². The maximum absolute atomic E-state index is 12.2. The summed E-state index contributed by atoms with van der Waals surface area (Å²) in [5.74, 6) is 0.442. The van der Waals surface area contributed by atoms with Gasteiger partial charge in [0.15, 0.2) is 5.25 Å². The normalized spacial score (nSPS) is 44.0. The van der Waals surface area contributed by atoms with E-state index in [0.717, 1.165) is 0 Å². The van der Waals surface area contributed by atoms with Crippen LogP contribution in [0, 0.1) is 17.8 Å². The molecule has 2 aliphatic rings. The van der Waals surface area contributed by atoms with Crippen molar-refractivity contribution in [2.75, 3.05) is 7.05 Å². The first-order valence-corrected chi connectivity index (χ1v) is 6.90. The summed E-state index contributed by atoms with van der Waals surface area (Å²) in [5, 5.41) is -0.0174. The number of amides is 1. The second-order valence-electron chi connectivity index (χ2n) is 5.05. The van der Waals surface area contributed by atoms with Crippen LogP contribution in [0.25, 0.3) is 0 Å². The van der Waals surface area contributed by atoms with Crippen LogP contribution in [0.1, 0.15) is 27.7 Å². The van der Waals surface area contributed by atoms with Gasteiger partial charge >= 0.3 is 0 Å². The van der Waals surface area contributed by atoms with Crippen molar-refractivity contribution in [1.82, 2.24) is 4.31 Å². The predicted molar refractivity (Wildman–Crippen MR) is 64.9 cm³/mol. The number of hydrogen-bond acceptors (Lipinski definition) is 2. The molecule has 1 saturated heterocycles. The largest absolute Gasteiger partial charge is 0.593 e. The maximum atomic E-state index is 12.2. The van der Waals surface area contributed by atoms with Crippen molar-refractivity contribution in [3.63, 3.8) is 0 Å². The molecule has 16 heavy (non-hydrogen) atoms. The fourth-order valence-corrected chi connectivity index (χ4v) is 4.79. The number of fused-ring (bicyclic) bond motifs is 1. The van der Waals surface area contributed by atoms with E-state index in [2.05, 4.69) is 27.7 Å². The van der Waals surface area contributed by atoms with Gasteiger partial charge in [0, 0.05) is 5.92 Å². The van der Waals surface area contributed by atoms with Crippen molar-refractivity contribution in [3.8, 4) is 0 Å². The Morgan fingerprint density at radius 2 is 1.69 bits per heavy atom. The third-order valence-corrected chi connectivity index (χ3v) is 6.36. The summed E-state index contributed by atoms with van der Waals surface area (Å²) in [6, 6.07) is 0. The Bertz CT molecular complexity index is 366. The lowest BCUT2D eigenvalue weighted by molar-refractivity contribution is -0.129. The zero-order valence-corrected chi connectivity index (χ0v) is 11.3. The van der Waals surface area contributed by atoms with Gasteiger partial charge in [0.2, 0.25) is 0 Å². The van der Waals surface area contributed by atoms with Crippen molar-refractivity contribution in [3.05, 3.63) is 11.1 Å². The minimum Gasteiger partial charge on any atom is -0.593 e. The van der Waals surface area contributed by atoms with Gasteiger partial charge in [-0.05, 0) is 19.8 Å². The average molecular weight is 241 g/mol. The minimum absolute atomic E-state index is 0.0174. The summed E-state index contributed by atoms with van der Waals surface area (Å²) in [4.78, 5) is 12.1. The van der Waals surface area contributed by atoms with Crippen LogP contribution in [0.5, 0.6) is 0 Å². The fraction of sp³-hybridized carbons (Fsp3) is 0.750. The van der Waals surface area contributed by atoms with Gasteiger partial charge < -0.3 is 4.55 Å². The number of carbonyl (C=O) groups excluding carboxylic acids is 1. The van der Waals surface area contributed by atoms with Gasteiger partial charge in [-0.3, -0.25) is 4.79 Å². The molecule has 4 heteroatoms. The van der Waals surface area contributed by atoms with E-state index < -0.39 is 11.4 Å². The standard InChI is InChI=1S/C12H19NO2S/c1-6-7(2)9(4)11-10(8(6)3)12(14)13(5)16(11)15/h8-11H,1-5H3. The van der Waals surface area contributed by atoms with Crippen LogP contribution in [0.4, 0.5) is 0 Å². The number of rotatable bonds is 0. The monoisotopic (exact) mass is 241 g/mol. The molecule has 0 N–H and O–H groups in total. The Morgan fingerprint density at radius 1 is 1.19 bits per heavy atom. The van der Waals surface area contributed by atoms with Gasteiger partial charge in [0.05, 0.1) is 24.3 Å². The first kappa shape index (κ1) is 12.0. The third kappa shape index (κ3) is 1.36. The number of carbonyl (C=O) groups is 1. The summed E-state index contributed by atoms with van der Waals surface area (Å²) in [6.45, 7) is 8.37. The topological polar surface area (TPSA) is 43.4 Å². The highest BCUT2D eigenvalue weighted by molar-refractivity contribution is 7.90. The molecule has 0 aromatic heterocycles. The van der Waals surface area contributed by atoms with Crippen molar-refractivity contribution >= 4 is 17.3 Å². The molecule has 0 aromatic carbocycles. The molecule has 5 unspecified atom stereocenters. The highest BCUT2D eigenvalue weighted by Gasteiger charge is 2.57. The molecule has 0 bridgehead atoms. The SMILES string of the molecule is CC1=C(C)C(C)C2C(C(=O)N(C)[S+]2[O-])C1C.